The Bertz CT molecular complexity index is 770. The van der Waals surface area contributed by atoms with E-state index in [4.69, 9.17) is 5.73 Å². The zero-order valence-electron chi connectivity index (χ0n) is 10.9. The Balaban J connectivity index is 2.16. The number of benzene rings is 1. The van der Waals surface area contributed by atoms with E-state index in [9.17, 15) is 14.0 Å². The minimum Gasteiger partial charge on any atom is -0.346 e. The van der Waals surface area contributed by atoms with Gasteiger partial charge in [0.05, 0.1) is 18.7 Å². The molecular weight excluding hydrogens is 293 g/mol. The molecule has 2 rings (SSSR count). The van der Waals surface area contributed by atoms with Gasteiger partial charge in [-0.25, -0.2) is 4.39 Å². The number of hydrogen-bond acceptors (Lipinski definition) is 4. The molecular formula is C14H12FN3O2S. The van der Waals surface area contributed by atoms with E-state index in [-0.39, 0.29) is 29.1 Å². The number of carbonyl (C=O) groups is 1. The molecule has 0 unspecified atom stereocenters. The number of carbonyl (C=O) groups excluding carboxylic acids is 1. The smallest absolute Gasteiger partial charge is 0.304 e. The fourth-order valence-electron chi connectivity index (χ4n) is 1.64. The summed E-state index contributed by atoms with van der Waals surface area (Å²) >= 11 is 1.02. The summed E-state index contributed by atoms with van der Waals surface area (Å²) in [4.78, 5) is 25.5. The number of aromatic nitrogens is 1. The van der Waals surface area contributed by atoms with Crippen molar-refractivity contribution >= 4 is 17.2 Å². The summed E-state index contributed by atoms with van der Waals surface area (Å²) in [6.07, 6.45) is 0. The van der Waals surface area contributed by atoms with Gasteiger partial charge in [0.25, 0.3) is 5.91 Å². The number of amides is 1. The predicted molar refractivity (Wildman–Crippen MR) is 78.4 cm³/mol. The van der Waals surface area contributed by atoms with Crippen LogP contribution >= 0.6 is 11.3 Å². The first kappa shape index (κ1) is 15.0. The van der Waals surface area contributed by atoms with Crippen molar-refractivity contribution in [1.82, 2.24) is 10.3 Å². The van der Waals surface area contributed by atoms with E-state index in [1.165, 1.54) is 18.2 Å². The highest BCUT2D eigenvalue weighted by atomic mass is 32.1. The molecule has 5 nitrogen and oxygen atoms in total. The van der Waals surface area contributed by atoms with Gasteiger partial charge in [-0.3, -0.25) is 9.59 Å². The van der Waals surface area contributed by atoms with Crippen LogP contribution in [0.2, 0.25) is 0 Å². The molecule has 0 spiro atoms. The van der Waals surface area contributed by atoms with Gasteiger partial charge < -0.3 is 16.0 Å². The Kier molecular flexibility index (Phi) is 4.87. The topological polar surface area (TPSA) is 88.0 Å². The number of hydrogen-bond donors (Lipinski definition) is 3. The maximum Gasteiger partial charge on any atom is 0.304 e. The first-order valence-corrected chi connectivity index (χ1v) is 6.91. The van der Waals surface area contributed by atoms with E-state index in [0.29, 0.717) is 5.69 Å². The van der Waals surface area contributed by atoms with Gasteiger partial charge in [0.15, 0.2) is 0 Å². The summed E-state index contributed by atoms with van der Waals surface area (Å²) in [5, 5.41) is 4.27. The summed E-state index contributed by atoms with van der Waals surface area (Å²) in [5.41, 5.74) is 6.42. The van der Waals surface area contributed by atoms with Crippen LogP contribution < -0.4 is 15.9 Å². The second kappa shape index (κ2) is 6.83. The molecule has 0 aliphatic heterocycles. The van der Waals surface area contributed by atoms with Crippen LogP contribution in [0.25, 0.3) is 0 Å². The maximum atomic E-state index is 13.2. The quantitative estimate of drug-likeness (QED) is 0.734. The van der Waals surface area contributed by atoms with Crippen LogP contribution in [0.3, 0.4) is 0 Å². The van der Waals surface area contributed by atoms with E-state index >= 15 is 0 Å². The Morgan fingerprint density at radius 3 is 2.95 bits per heavy atom. The van der Waals surface area contributed by atoms with E-state index in [1.807, 2.05) is 0 Å². The molecule has 1 aromatic heterocycles. The molecule has 0 bridgehead atoms. The van der Waals surface area contributed by atoms with Crippen molar-refractivity contribution in [3.05, 3.63) is 55.9 Å². The number of rotatable bonds is 3. The second-order valence-electron chi connectivity index (χ2n) is 4.05. The standard InChI is InChI=1S/C14H12FN3O2S/c15-10-3-4-12(9(6-10)2-1-5-16)13(19)17-7-11-8-21-14(20)18-11/h3-4,6,8H,5,7,16H2,(H,17,19)(H,18,20). The lowest BCUT2D eigenvalue weighted by Crippen LogP contribution is -2.24. The summed E-state index contributed by atoms with van der Waals surface area (Å²) in [6, 6.07) is 3.74. The highest BCUT2D eigenvalue weighted by Gasteiger charge is 2.11. The SMILES string of the molecule is NCC#Cc1cc(F)ccc1C(=O)NCc1csc(=O)[nH]1. The van der Waals surface area contributed by atoms with Crippen molar-refractivity contribution in [3.63, 3.8) is 0 Å². The van der Waals surface area contributed by atoms with Crippen LogP contribution in [0.1, 0.15) is 21.6 Å². The monoisotopic (exact) mass is 305 g/mol. The summed E-state index contributed by atoms with van der Waals surface area (Å²) in [7, 11) is 0. The fraction of sp³-hybridized carbons (Fsp3) is 0.143. The Morgan fingerprint density at radius 1 is 1.48 bits per heavy atom. The predicted octanol–water partition coefficient (Wildman–Crippen LogP) is 0.816. The third kappa shape index (κ3) is 4.02. The molecule has 1 amide bonds. The third-order valence-electron chi connectivity index (χ3n) is 2.56. The molecule has 4 N–H and O–H groups in total. The average molecular weight is 305 g/mol. The second-order valence-corrected chi connectivity index (χ2v) is 4.89. The Hall–Kier alpha value is -2.43. The molecule has 0 fully saturated rings. The van der Waals surface area contributed by atoms with E-state index in [2.05, 4.69) is 22.1 Å². The molecule has 0 saturated heterocycles. The lowest BCUT2D eigenvalue weighted by atomic mass is 10.1. The zero-order chi connectivity index (χ0) is 15.2. The van der Waals surface area contributed by atoms with Gasteiger partial charge in [-0.2, -0.15) is 0 Å². The van der Waals surface area contributed by atoms with Gasteiger partial charge in [0, 0.05) is 16.6 Å². The van der Waals surface area contributed by atoms with Crippen molar-refractivity contribution in [3.8, 4) is 11.8 Å². The minimum atomic E-state index is -0.477. The van der Waals surface area contributed by atoms with Gasteiger partial charge in [-0.15, -0.1) is 0 Å². The first-order valence-electron chi connectivity index (χ1n) is 6.03. The number of nitrogens with one attached hydrogen (secondary N) is 2. The van der Waals surface area contributed by atoms with Gasteiger partial charge >= 0.3 is 4.87 Å². The molecule has 1 heterocycles. The van der Waals surface area contributed by atoms with Crippen molar-refractivity contribution < 1.29 is 9.18 Å². The van der Waals surface area contributed by atoms with Crippen molar-refractivity contribution in [2.45, 2.75) is 6.54 Å². The lowest BCUT2D eigenvalue weighted by Gasteiger charge is -2.06. The number of thiazole rings is 1. The van der Waals surface area contributed by atoms with Crippen LogP contribution in [0.15, 0.2) is 28.4 Å². The largest absolute Gasteiger partial charge is 0.346 e. The summed E-state index contributed by atoms with van der Waals surface area (Å²) in [5.74, 6) is 4.38. The van der Waals surface area contributed by atoms with Gasteiger partial charge in [-0.1, -0.05) is 23.2 Å². The molecule has 2 aromatic rings. The number of H-pyrrole nitrogens is 1. The van der Waals surface area contributed by atoms with Crippen LogP contribution in [-0.4, -0.2) is 17.4 Å². The highest BCUT2D eigenvalue weighted by molar-refractivity contribution is 7.07. The van der Waals surface area contributed by atoms with Crippen LogP contribution in [0.5, 0.6) is 0 Å². The first-order chi connectivity index (χ1) is 10.1. The maximum absolute atomic E-state index is 13.2. The normalized spacial score (nSPS) is 9.81. The van der Waals surface area contributed by atoms with E-state index < -0.39 is 11.7 Å². The summed E-state index contributed by atoms with van der Waals surface area (Å²) in [6.45, 7) is 0.298. The van der Waals surface area contributed by atoms with Crippen LogP contribution in [0.4, 0.5) is 4.39 Å². The minimum absolute atomic E-state index is 0.119. The average Bonchev–Trinajstić information content (AvgIpc) is 2.88. The summed E-state index contributed by atoms with van der Waals surface area (Å²) < 4.78 is 13.2. The third-order valence-corrected chi connectivity index (χ3v) is 3.28. The molecule has 21 heavy (non-hydrogen) atoms. The number of aromatic amines is 1. The molecule has 7 heteroatoms. The number of halogens is 1. The lowest BCUT2D eigenvalue weighted by molar-refractivity contribution is 0.0950. The fourth-order valence-corrected chi connectivity index (χ4v) is 2.22. The van der Waals surface area contributed by atoms with Gasteiger partial charge in [-0.05, 0) is 18.2 Å². The Labute approximate surface area is 124 Å². The number of nitrogens with two attached hydrogens (primary N) is 1. The van der Waals surface area contributed by atoms with Crippen LogP contribution in [-0.2, 0) is 6.54 Å². The molecule has 0 aliphatic rings. The molecule has 1 aromatic carbocycles. The molecule has 0 saturated carbocycles. The molecule has 108 valence electrons. The molecule has 0 atom stereocenters. The van der Waals surface area contributed by atoms with Crippen LogP contribution in [0, 0.1) is 17.7 Å². The van der Waals surface area contributed by atoms with Crippen molar-refractivity contribution in [2.75, 3.05) is 6.54 Å². The molecule has 0 aliphatic carbocycles. The van der Waals surface area contributed by atoms with Crippen molar-refractivity contribution in [1.29, 1.82) is 0 Å². The van der Waals surface area contributed by atoms with E-state index in [1.54, 1.807) is 5.38 Å². The van der Waals surface area contributed by atoms with Gasteiger partial charge in [0.2, 0.25) is 0 Å². The Morgan fingerprint density at radius 2 is 2.29 bits per heavy atom. The van der Waals surface area contributed by atoms with Crippen molar-refractivity contribution in [2.24, 2.45) is 5.73 Å². The molecule has 0 radical (unpaired) electrons. The van der Waals surface area contributed by atoms with Gasteiger partial charge in [0.1, 0.15) is 5.82 Å². The highest BCUT2D eigenvalue weighted by Crippen LogP contribution is 2.10. The zero-order valence-corrected chi connectivity index (χ0v) is 11.7. The van der Waals surface area contributed by atoms with E-state index in [0.717, 1.165) is 11.3 Å².